The molecule has 0 spiro atoms. The Hall–Kier alpha value is -2.88. The van der Waals surface area contributed by atoms with Crippen molar-refractivity contribution in [2.75, 3.05) is 23.8 Å². The third kappa shape index (κ3) is 4.44. The summed E-state index contributed by atoms with van der Waals surface area (Å²) in [6, 6.07) is 4.37. The van der Waals surface area contributed by atoms with E-state index in [-0.39, 0.29) is 41.2 Å². The van der Waals surface area contributed by atoms with Crippen molar-refractivity contribution in [2.24, 2.45) is 5.92 Å². The van der Waals surface area contributed by atoms with Crippen LogP contribution in [0, 0.1) is 24.2 Å². The summed E-state index contributed by atoms with van der Waals surface area (Å²) in [6.07, 6.45) is -2.52. The number of fused-ring (bicyclic) bond motifs is 1. The number of benzene rings is 1. The molecule has 2 aliphatic heterocycles. The molecule has 1 aromatic heterocycles. The van der Waals surface area contributed by atoms with Gasteiger partial charge in [-0.25, -0.2) is 4.98 Å². The first-order chi connectivity index (χ1) is 14.8. The van der Waals surface area contributed by atoms with Crippen LogP contribution in [0.5, 0.6) is 0 Å². The van der Waals surface area contributed by atoms with Crippen molar-refractivity contribution < 1.29 is 27.6 Å². The van der Waals surface area contributed by atoms with Crippen LogP contribution in [0.1, 0.15) is 23.1 Å². The maximum Gasteiger partial charge on any atom is 0.492 e. The standard InChI is InChI=1S/C19H19BF3N5O3/c1-10-7-25-18(28-17(10)27-15-9-30-3-2-11(15)6-24)26-13-4-12-8-31-20(29)16(12)14(5-13)19(21,22)23/h4-5,7,11,15,29H,2-3,8-9H2,1H3,(H2,25,26,27,28). The van der Waals surface area contributed by atoms with Gasteiger partial charge in [-0.3, -0.25) is 0 Å². The van der Waals surface area contributed by atoms with Gasteiger partial charge >= 0.3 is 13.3 Å². The summed E-state index contributed by atoms with van der Waals surface area (Å²) in [5, 5.41) is 25.1. The molecule has 0 bridgehead atoms. The summed E-state index contributed by atoms with van der Waals surface area (Å²) in [5.41, 5.74) is -0.167. The lowest BCUT2D eigenvalue weighted by atomic mass is 9.75. The van der Waals surface area contributed by atoms with E-state index in [2.05, 4.69) is 26.7 Å². The molecule has 0 saturated carbocycles. The molecule has 0 amide bonds. The number of anilines is 3. The van der Waals surface area contributed by atoms with Crippen LogP contribution in [-0.4, -0.2) is 41.4 Å². The van der Waals surface area contributed by atoms with Crippen LogP contribution < -0.4 is 16.1 Å². The number of nitrogens with zero attached hydrogens (tertiary/aromatic N) is 3. The predicted octanol–water partition coefficient (Wildman–Crippen LogP) is 2.11. The first kappa shape index (κ1) is 21.4. The Morgan fingerprint density at radius 3 is 2.90 bits per heavy atom. The summed E-state index contributed by atoms with van der Waals surface area (Å²) in [4.78, 5) is 8.52. The molecule has 0 radical (unpaired) electrons. The van der Waals surface area contributed by atoms with E-state index in [1.165, 1.54) is 12.3 Å². The number of hydrogen-bond donors (Lipinski definition) is 3. The van der Waals surface area contributed by atoms with Crippen molar-refractivity contribution in [1.29, 1.82) is 5.26 Å². The van der Waals surface area contributed by atoms with Gasteiger partial charge in [-0.05, 0) is 31.0 Å². The Bertz CT molecular complexity index is 1030. The molecule has 2 aliphatic rings. The molecule has 0 aliphatic carbocycles. The minimum absolute atomic E-state index is 0.0888. The number of aryl methyl sites for hydroxylation is 1. The van der Waals surface area contributed by atoms with Crippen LogP contribution in [0.2, 0.25) is 0 Å². The number of halogens is 3. The smallest absolute Gasteiger partial charge is 0.423 e. The van der Waals surface area contributed by atoms with Crippen LogP contribution >= 0.6 is 0 Å². The minimum atomic E-state index is -4.66. The van der Waals surface area contributed by atoms with Crippen molar-refractivity contribution in [3.63, 3.8) is 0 Å². The van der Waals surface area contributed by atoms with E-state index in [0.29, 0.717) is 31.0 Å². The van der Waals surface area contributed by atoms with Crippen molar-refractivity contribution in [3.05, 3.63) is 35.0 Å². The Morgan fingerprint density at radius 1 is 1.35 bits per heavy atom. The zero-order valence-corrected chi connectivity index (χ0v) is 16.5. The van der Waals surface area contributed by atoms with E-state index in [1.807, 2.05) is 0 Å². The molecule has 3 N–H and O–H groups in total. The maximum absolute atomic E-state index is 13.5. The van der Waals surface area contributed by atoms with Gasteiger partial charge in [0.2, 0.25) is 5.95 Å². The second-order valence-electron chi connectivity index (χ2n) is 7.46. The fourth-order valence-electron chi connectivity index (χ4n) is 3.67. The number of nitrogens with one attached hydrogen (secondary N) is 2. The van der Waals surface area contributed by atoms with Gasteiger partial charge in [-0.1, -0.05) is 0 Å². The first-order valence-electron chi connectivity index (χ1n) is 9.64. The molecule has 12 heteroatoms. The molecule has 2 aromatic rings. The van der Waals surface area contributed by atoms with E-state index in [1.54, 1.807) is 6.92 Å². The molecule has 162 valence electrons. The number of nitriles is 1. The van der Waals surface area contributed by atoms with Crippen molar-refractivity contribution in [1.82, 2.24) is 9.97 Å². The molecule has 4 rings (SSSR count). The molecule has 3 heterocycles. The van der Waals surface area contributed by atoms with Gasteiger partial charge in [0, 0.05) is 29.5 Å². The van der Waals surface area contributed by atoms with Crippen molar-refractivity contribution in [3.8, 4) is 6.07 Å². The number of aromatic nitrogens is 2. The SMILES string of the molecule is Cc1cnc(Nc2cc3c(c(C(F)(F)F)c2)B(O)OC3)nc1NC1COCCC1C#N. The summed E-state index contributed by atoms with van der Waals surface area (Å²) in [5.74, 6) is 0.312. The molecule has 8 nitrogen and oxygen atoms in total. The lowest BCUT2D eigenvalue weighted by Gasteiger charge is -2.28. The van der Waals surface area contributed by atoms with Gasteiger partial charge in [0.25, 0.3) is 0 Å². The van der Waals surface area contributed by atoms with Crippen LogP contribution in [0.3, 0.4) is 0 Å². The second-order valence-corrected chi connectivity index (χ2v) is 7.46. The van der Waals surface area contributed by atoms with E-state index >= 15 is 0 Å². The monoisotopic (exact) mass is 433 g/mol. The molecular weight excluding hydrogens is 414 g/mol. The molecule has 1 fully saturated rings. The fourth-order valence-corrected chi connectivity index (χ4v) is 3.67. The zero-order chi connectivity index (χ0) is 22.2. The Labute approximate surface area is 176 Å². The van der Waals surface area contributed by atoms with Crippen molar-refractivity contribution in [2.45, 2.75) is 32.2 Å². The fraction of sp³-hybridized carbons (Fsp3) is 0.421. The first-order valence-corrected chi connectivity index (χ1v) is 9.64. The normalized spacial score (nSPS) is 20.8. The molecule has 2 unspecified atom stereocenters. The third-order valence-corrected chi connectivity index (χ3v) is 5.29. The van der Waals surface area contributed by atoms with Gasteiger partial charge in [0.15, 0.2) is 0 Å². The molecule has 1 saturated heterocycles. The second kappa shape index (κ2) is 8.34. The largest absolute Gasteiger partial charge is 0.492 e. The lowest BCUT2D eigenvalue weighted by Crippen LogP contribution is -2.38. The van der Waals surface area contributed by atoms with Gasteiger partial charge in [-0.15, -0.1) is 0 Å². The van der Waals surface area contributed by atoms with Gasteiger partial charge in [0.05, 0.1) is 36.8 Å². The number of ether oxygens (including phenoxy) is 1. The van der Waals surface area contributed by atoms with Gasteiger partial charge in [-0.2, -0.15) is 23.4 Å². The lowest BCUT2D eigenvalue weighted by molar-refractivity contribution is -0.136. The van der Waals surface area contributed by atoms with E-state index in [4.69, 9.17) is 9.39 Å². The highest BCUT2D eigenvalue weighted by atomic mass is 19.4. The van der Waals surface area contributed by atoms with Gasteiger partial charge < -0.3 is 25.0 Å². The number of hydrogen-bond acceptors (Lipinski definition) is 8. The molecule has 1 aromatic carbocycles. The highest BCUT2D eigenvalue weighted by Crippen LogP contribution is 2.33. The van der Waals surface area contributed by atoms with Gasteiger partial charge in [0.1, 0.15) is 5.82 Å². The molecule has 2 atom stereocenters. The van der Waals surface area contributed by atoms with Crippen molar-refractivity contribution >= 4 is 30.0 Å². The highest BCUT2D eigenvalue weighted by molar-refractivity contribution is 6.62. The number of alkyl halides is 3. The van der Waals surface area contributed by atoms with Crippen LogP contribution in [0.15, 0.2) is 18.3 Å². The minimum Gasteiger partial charge on any atom is -0.423 e. The zero-order valence-electron chi connectivity index (χ0n) is 16.5. The number of rotatable bonds is 4. The van der Waals surface area contributed by atoms with E-state index < -0.39 is 18.9 Å². The maximum atomic E-state index is 13.5. The van der Waals surface area contributed by atoms with Crippen LogP contribution in [0.25, 0.3) is 0 Å². The van der Waals surface area contributed by atoms with E-state index in [9.17, 15) is 23.5 Å². The summed E-state index contributed by atoms with van der Waals surface area (Å²) in [6.45, 7) is 2.53. The Morgan fingerprint density at radius 2 is 2.16 bits per heavy atom. The molecule has 31 heavy (non-hydrogen) atoms. The van der Waals surface area contributed by atoms with E-state index in [0.717, 1.165) is 6.07 Å². The average Bonchev–Trinajstić information content (AvgIpc) is 3.10. The molecular formula is C19H19BF3N5O3. The Kier molecular flexibility index (Phi) is 5.74. The van der Waals surface area contributed by atoms with Crippen LogP contribution in [0.4, 0.5) is 30.6 Å². The summed E-state index contributed by atoms with van der Waals surface area (Å²) < 4.78 is 50.9. The quantitative estimate of drug-likeness (QED) is 0.629. The summed E-state index contributed by atoms with van der Waals surface area (Å²) in [7, 11) is -1.61. The highest BCUT2D eigenvalue weighted by Gasteiger charge is 2.41. The topological polar surface area (TPSA) is 112 Å². The third-order valence-electron chi connectivity index (χ3n) is 5.29. The predicted molar refractivity (Wildman–Crippen MR) is 106 cm³/mol. The average molecular weight is 433 g/mol. The van der Waals surface area contributed by atoms with Crippen LogP contribution in [-0.2, 0) is 22.2 Å². The Balaban J connectivity index is 1.61. The summed E-state index contributed by atoms with van der Waals surface area (Å²) >= 11 is 0.